The van der Waals surface area contributed by atoms with E-state index in [9.17, 15) is 4.79 Å². The predicted octanol–water partition coefficient (Wildman–Crippen LogP) is 2.60. The highest BCUT2D eigenvalue weighted by molar-refractivity contribution is 7.10. The Morgan fingerprint density at radius 2 is 2.39 bits per heavy atom. The minimum absolute atomic E-state index is 0.0610. The van der Waals surface area contributed by atoms with Gasteiger partial charge in [-0.3, -0.25) is 0 Å². The molecule has 0 aliphatic heterocycles. The lowest BCUT2D eigenvalue weighted by Gasteiger charge is -2.13. The maximum atomic E-state index is 11.0. The number of hydrogen-bond acceptors (Lipinski definition) is 5. The first kappa shape index (κ1) is 12.4. The summed E-state index contributed by atoms with van der Waals surface area (Å²) in [5, 5.41) is 14.1. The van der Waals surface area contributed by atoms with Crippen LogP contribution in [-0.2, 0) is 0 Å². The number of hydrogen-bond donors (Lipinski definition) is 3. The van der Waals surface area contributed by atoms with Crippen molar-refractivity contribution in [3.8, 4) is 0 Å². The average Bonchev–Trinajstić information content (AvgIpc) is 2.85. The van der Waals surface area contributed by atoms with Gasteiger partial charge in [-0.2, -0.15) is 0 Å². The molecule has 0 saturated heterocycles. The lowest BCUT2D eigenvalue weighted by molar-refractivity contribution is 0.0698. The second kappa shape index (κ2) is 5.05. The van der Waals surface area contributed by atoms with Crippen LogP contribution < -0.4 is 11.1 Å². The Labute approximate surface area is 108 Å². The van der Waals surface area contributed by atoms with Crippen LogP contribution in [0.2, 0.25) is 0 Å². The number of rotatable bonds is 4. The largest absolute Gasteiger partial charge is 0.478 e. The predicted molar refractivity (Wildman–Crippen MR) is 72.0 cm³/mol. The van der Waals surface area contributed by atoms with Crippen LogP contribution in [0.25, 0.3) is 0 Å². The monoisotopic (exact) mass is 263 g/mol. The standard InChI is InChI=1S/C12H13N3O2S/c1-7(10-3-2-4-18-10)15-11-5-8(12(16)17)9(13)6-14-11/h2-7H,13H2,1H3,(H,14,15)(H,16,17). The molecule has 4 N–H and O–H groups in total. The lowest BCUT2D eigenvalue weighted by Crippen LogP contribution is -2.09. The minimum Gasteiger partial charge on any atom is -0.478 e. The Bertz CT molecular complexity index is 554. The fourth-order valence-electron chi connectivity index (χ4n) is 1.56. The Kier molecular flexibility index (Phi) is 3.47. The summed E-state index contributed by atoms with van der Waals surface area (Å²) in [5.74, 6) is -0.552. The first-order valence-corrected chi connectivity index (χ1v) is 6.24. The van der Waals surface area contributed by atoms with Crippen LogP contribution in [0.3, 0.4) is 0 Å². The van der Waals surface area contributed by atoms with E-state index in [1.54, 1.807) is 11.3 Å². The van der Waals surface area contributed by atoms with Crippen LogP contribution in [0.15, 0.2) is 29.8 Å². The van der Waals surface area contributed by atoms with E-state index >= 15 is 0 Å². The number of carbonyl (C=O) groups is 1. The first-order valence-electron chi connectivity index (χ1n) is 5.36. The van der Waals surface area contributed by atoms with Crippen LogP contribution >= 0.6 is 11.3 Å². The number of carboxylic acid groups (broad SMARTS) is 1. The van der Waals surface area contributed by atoms with Crippen molar-refractivity contribution in [3.05, 3.63) is 40.2 Å². The van der Waals surface area contributed by atoms with Gasteiger partial charge >= 0.3 is 5.97 Å². The summed E-state index contributed by atoms with van der Waals surface area (Å²) in [7, 11) is 0. The van der Waals surface area contributed by atoms with Gasteiger partial charge in [-0.25, -0.2) is 9.78 Å². The molecular weight excluding hydrogens is 250 g/mol. The molecule has 0 fully saturated rings. The number of pyridine rings is 1. The zero-order valence-corrected chi connectivity index (χ0v) is 10.6. The molecule has 0 spiro atoms. The van der Waals surface area contributed by atoms with Crippen molar-refractivity contribution in [2.24, 2.45) is 0 Å². The van der Waals surface area contributed by atoms with Crippen molar-refractivity contribution in [2.45, 2.75) is 13.0 Å². The number of thiophene rings is 1. The number of aromatic nitrogens is 1. The Morgan fingerprint density at radius 3 is 3.00 bits per heavy atom. The van der Waals surface area contributed by atoms with Gasteiger partial charge < -0.3 is 16.2 Å². The van der Waals surface area contributed by atoms with Crippen molar-refractivity contribution in [1.29, 1.82) is 0 Å². The number of nitrogens with one attached hydrogen (secondary N) is 1. The van der Waals surface area contributed by atoms with Crippen molar-refractivity contribution in [1.82, 2.24) is 4.98 Å². The molecule has 94 valence electrons. The summed E-state index contributed by atoms with van der Waals surface area (Å²) in [6.45, 7) is 1.99. The van der Waals surface area contributed by atoms with E-state index in [2.05, 4.69) is 10.3 Å². The van der Waals surface area contributed by atoms with E-state index in [1.165, 1.54) is 12.3 Å². The van der Waals surface area contributed by atoms with Gasteiger partial charge in [-0.15, -0.1) is 11.3 Å². The molecule has 2 rings (SSSR count). The smallest absolute Gasteiger partial charge is 0.337 e. The third-order valence-corrected chi connectivity index (χ3v) is 3.55. The van der Waals surface area contributed by atoms with Crippen LogP contribution in [0.1, 0.15) is 28.2 Å². The van der Waals surface area contributed by atoms with Gasteiger partial charge in [0.05, 0.1) is 23.5 Å². The summed E-state index contributed by atoms with van der Waals surface area (Å²) in [6.07, 6.45) is 1.35. The van der Waals surface area contributed by atoms with E-state index < -0.39 is 5.97 Å². The first-order chi connectivity index (χ1) is 8.58. The number of aromatic carboxylic acids is 1. The number of nitrogen functional groups attached to an aromatic ring is 1. The van der Waals surface area contributed by atoms with Crippen LogP contribution in [0, 0.1) is 0 Å². The zero-order chi connectivity index (χ0) is 13.1. The van der Waals surface area contributed by atoms with Gasteiger partial charge in [0, 0.05) is 4.88 Å². The lowest BCUT2D eigenvalue weighted by atomic mass is 10.2. The van der Waals surface area contributed by atoms with Crippen molar-refractivity contribution in [2.75, 3.05) is 11.1 Å². The minimum atomic E-state index is -1.05. The highest BCUT2D eigenvalue weighted by Crippen LogP contribution is 2.23. The third-order valence-electron chi connectivity index (χ3n) is 2.50. The van der Waals surface area contributed by atoms with Crippen molar-refractivity contribution in [3.63, 3.8) is 0 Å². The highest BCUT2D eigenvalue weighted by Gasteiger charge is 2.12. The molecule has 2 heterocycles. The topological polar surface area (TPSA) is 88.2 Å². The van der Waals surface area contributed by atoms with Gasteiger partial charge in [0.15, 0.2) is 0 Å². The maximum absolute atomic E-state index is 11.0. The fraction of sp³-hybridized carbons (Fsp3) is 0.167. The Morgan fingerprint density at radius 1 is 1.61 bits per heavy atom. The normalized spacial score (nSPS) is 12.1. The second-order valence-corrected chi connectivity index (χ2v) is 4.82. The molecule has 1 atom stereocenters. The zero-order valence-electron chi connectivity index (χ0n) is 9.75. The van der Waals surface area contributed by atoms with Crippen LogP contribution in [-0.4, -0.2) is 16.1 Å². The molecular formula is C12H13N3O2S. The van der Waals surface area contributed by atoms with E-state index in [0.717, 1.165) is 4.88 Å². The molecule has 0 aromatic carbocycles. The van der Waals surface area contributed by atoms with Crippen molar-refractivity contribution < 1.29 is 9.90 Å². The number of carboxylic acids is 1. The summed E-state index contributed by atoms with van der Waals surface area (Å²) in [4.78, 5) is 16.2. The summed E-state index contributed by atoms with van der Waals surface area (Å²) >= 11 is 1.63. The Balaban J connectivity index is 2.20. The fourth-order valence-corrected chi connectivity index (χ4v) is 2.30. The molecule has 1 unspecified atom stereocenters. The van der Waals surface area contributed by atoms with Gasteiger partial charge in [-0.1, -0.05) is 6.07 Å². The SMILES string of the molecule is CC(Nc1cc(C(=O)O)c(N)cn1)c1cccs1. The summed E-state index contributed by atoms with van der Waals surface area (Å²) in [5.41, 5.74) is 5.77. The third kappa shape index (κ3) is 2.60. The molecule has 0 radical (unpaired) electrons. The second-order valence-electron chi connectivity index (χ2n) is 3.84. The average molecular weight is 263 g/mol. The number of anilines is 2. The quantitative estimate of drug-likeness (QED) is 0.789. The van der Waals surface area contributed by atoms with Gasteiger partial charge in [0.1, 0.15) is 5.82 Å². The van der Waals surface area contributed by atoms with Gasteiger partial charge in [0.25, 0.3) is 0 Å². The van der Waals surface area contributed by atoms with Gasteiger partial charge in [0.2, 0.25) is 0 Å². The van der Waals surface area contributed by atoms with Crippen molar-refractivity contribution >= 4 is 28.8 Å². The van der Waals surface area contributed by atoms with Crippen LogP contribution in [0.5, 0.6) is 0 Å². The molecule has 2 aromatic heterocycles. The molecule has 2 aromatic rings. The maximum Gasteiger partial charge on any atom is 0.337 e. The molecule has 6 heteroatoms. The molecule has 0 saturated carbocycles. The number of nitrogens with two attached hydrogens (primary N) is 1. The van der Waals surface area contributed by atoms with Crippen LogP contribution in [0.4, 0.5) is 11.5 Å². The highest BCUT2D eigenvalue weighted by atomic mass is 32.1. The summed E-state index contributed by atoms with van der Waals surface area (Å²) < 4.78 is 0. The van der Waals surface area contributed by atoms with E-state index in [1.807, 2.05) is 24.4 Å². The van der Waals surface area contributed by atoms with Gasteiger partial charge in [-0.05, 0) is 24.4 Å². The molecule has 5 nitrogen and oxygen atoms in total. The number of nitrogens with zero attached hydrogens (tertiary/aromatic N) is 1. The van der Waals surface area contributed by atoms with E-state index in [4.69, 9.17) is 10.8 Å². The molecule has 18 heavy (non-hydrogen) atoms. The Hall–Kier alpha value is -2.08. The molecule has 0 aliphatic rings. The van der Waals surface area contributed by atoms with E-state index in [-0.39, 0.29) is 17.3 Å². The summed E-state index contributed by atoms with van der Waals surface area (Å²) in [6, 6.07) is 5.50. The van der Waals surface area contributed by atoms with E-state index in [0.29, 0.717) is 5.82 Å². The molecule has 0 aliphatic carbocycles. The molecule has 0 bridgehead atoms. The molecule has 0 amide bonds.